The Morgan fingerprint density at radius 1 is 1.20 bits per heavy atom. The second-order valence-corrected chi connectivity index (χ2v) is 4.40. The zero-order valence-electron chi connectivity index (χ0n) is 11.1. The number of aromatic nitrogens is 2. The summed E-state index contributed by atoms with van der Waals surface area (Å²) in [5.41, 5.74) is 10.3. The fraction of sp³-hybridized carbons (Fsp3) is 0.0588. The first-order valence-corrected chi connectivity index (χ1v) is 6.35. The molecular weight excluding hydrogens is 246 g/mol. The Bertz CT molecular complexity index is 777. The van der Waals surface area contributed by atoms with Crippen molar-refractivity contribution < 1.29 is 0 Å². The van der Waals surface area contributed by atoms with Crippen molar-refractivity contribution in [2.45, 2.75) is 6.92 Å². The lowest BCUT2D eigenvalue weighted by molar-refractivity contribution is 1.30. The van der Waals surface area contributed by atoms with Crippen molar-refractivity contribution in [2.24, 2.45) is 5.73 Å². The first kappa shape index (κ1) is 12.2. The first-order valence-electron chi connectivity index (χ1n) is 6.35. The molecule has 3 rings (SSSR count). The summed E-state index contributed by atoms with van der Waals surface area (Å²) in [6.45, 7) is 1.90. The minimum absolute atomic E-state index is 0.667. The third-order valence-corrected chi connectivity index (χ3v) is 3.17. The highest BCUT2D eigenvalue weighted by atomic mass is 14.8. The summed E-state index contributed by atoms with van der Waals surface area (Å²) in [6, 6.07) is 15.8. The minimum Gasteiger partial charge on any atom is -0.397 e. The molecular formula is C17H13N3. The second kappa shape index (κ2) is 5.02. The van der Waals surface area contributed by atoms with Gasteiger partial charge in [-0.3, -0.25) is 4.98 Å². The maximum Gasteiger partial charge on any atom is 0.0879 e. The lowest BCUT2D eigenvalue weighted by Gasteiger charge is -2.06. The molecule has 0 atom stereocenters. The standard InChI is InChI=1S/C17H13N3/c1-2-15(18)16-7-6-13-4-3-5-14(17(13)20-16)12-8-10-19-11-9-12/h2,5-11H,18H2,1H3/b15-2-. The van der Waals surface area contributed by atoms with Crippen LogP contribution < -0.4 is 5.73 Å². The number of nitrogens with two attached hydrogens (primary N) is 1. The van der Waals surface area contributed by atoms with Crippen LogP contribution in [0.15, 0.2) is 48.8 Å². The van der Waals surface area contributed by atoms with E-state index in [0.29, 0.717) is 5.70 Å². The number of nitrogens with zero attached hydrogens (tertiary/aromatic N) is 2. The van der Waals surface area contributed by atoms with Gasteiger partial charge in [0.1, 0.15) is 0 Å². The van der Waals surface area contributed by atoms with Gasteiger partial charge in [0.05, 0.1) is 22.3 Å². The number of fused-ring (bicyclic) bond motifs is 1. The fourth-order valence-corrected chi connectivity index (χ4v) is 2.08. The van der Waals surface area contributed by atoms with Crippen LogP contribution in [0.1, 0.15) is 12.6 Å². The smallest absolute Gasteiger partial charge is 0.0879 e. The Morgan fingerprint density at radius 3 is 2.75 bits per heavy atom. The van der Waals surface area contributed by atoms with Gasteiger partial charge in [0.15, 0.2) is 0 Å². The molecule has 0 radical (unpaired) electrons. The van der Waals surface area contributed by atoms with Crippen LogP contribution >= 0.6 is 0 Å². The molecule has 2 aromatic heterocycles. The van der Waals surface area contributed by atoms with Gasteiger partial charge in [-0.1, -0.05) is 18.2 Å². The molecule has 0 aliphatic carbocycles. The average Bonchev–Trinajstić information content (AvgIpc) is 2.54. The first-order chi connectivity index (χ1) is 9.79. The number of hydrogen-bond donors (Lipinski definition) is 1. The van der Waals surface area contributed by atoms with E-state index in [4.69, 9.17) is 5.73 Å². The summed E-state index contributed by atoms with van der Waals surface area (Å²) in [6.07, 6.45) is 5.38. The quantitative estimate of drug-likeness (QED) is 0.768. The third-order valence-electron chi connectivity index (χ3n) is 3.17. The normalized spacial score (nSPS) is 11.3. The van der Waals surface area contributed by atoms with Gasteiger partial charge in [0.2, 0.25) is 0 Å². The maximum absolute atomic E-state index is 5.94. The highest BCUT2D eigenvalue weighted by Crippen LogP contribution is 2.26. The molecule has 0 saturated carbocycles. The van der Waals surface area contributed by atoms with Crippen LogP contribution in [-0.4, -0.2) is 9.97 Å². The highest BCUT2D eigenvalue weighted by molar-refractivity contribution is 5.93. The van der Waals surface area contributed by atoms with Gasteiger partial charge in [-0.2, -0.15) is 0 Å². The zero-order chi connectivity index (χ0) is 13.9. The number of pyridine rings is 2. The van der Waals surface area contributed by atoms with Gasteiger partial charge < -0.3 is 5.73 Å². The van der Waals surface area contributed by atoms with E-state index in [0.717, 1.165) is 27.7 Å². The van der Waals surface area contributed by atoms with Crippen molar-refractivity contribution in [3.63, 3.8) is 0 Å². The molecule has 3 heteroatoms. The van der Waals surface area contributed by atoms with Gasteiger partial charge in [-0.25, -0.2) is 4.98 Å². The van der Waals surface area contributed by atoms with Crippen LogP contribution in [-0.2, 0) is 0 Å². The molecule has 0 bridgehead atoms. The maximum atomic E-state index is 5.94. The zero-order valence-corrected chi connectivity index (χ0v) is 11.1. The van der Waals surface area contributed by atoms with Crippen molar-refractivity contribution in [2.75, 3.05) is 0 Å². The van der Waals surface area contributed by atoms with Crippen molar-refractivity contribution in [3.05, 3.63) is 66.6 Å². The van der Waals surface area contributed by atoms with Crippen LogP contribution in [0.5, 0.6) is 0 Å². The molecule has 2 heterocycles. The minimum atomic E-state index is 0.667. The molecule has 0 aliphatic heterocycles. The van der Waals surface area contributed by atoms with E-state index in [9.17, 15) is 0 Å². The van der Waals surface area contributed by atoms with E-state index in [1.165, 1.54) is 0 Å². The van der Waals surface area contributed by atoms with Gasteiger partial charge in [-0.15, -0.1) is 0 Å². The number of hydrogen-bond acceptors (Lipinski definition) is 3. The summed E-state index contributed by atoms with van der Waals surface area (Å²) in [5.74, 6) is 0. The second-order valence-electron chi connectivity index (χ2n) is 4.40. The topological polar surface area (TPSA) is 51.8 Å². The highest BCUT2D eigenvalue weighted by Gasteiger charge is 2.06. The molecule has 2 N–H and O–H groups in total. The van der Waals surface area contributed by atoms with Crippen LogP contribution in [0, 0.1) is 12.1 Å². The van der Waals surface area contributed by atoms with E-state index in [1.807, 2.05) is 43.3 Å². The van der Waals surface area contributed by atoms with Crippen molar-refractivity contribution in [1.29, 1.82) is 0 Å². The Kier molecular flexibility index (Phi) is 3.06. The molecule has 0 aliphatic rings. The molecule has 0 amide bonds. The molecule has 0 fully saturated rings. The van der Waals surface area contributed by atoms with E-state index in [-0.39, 0.29) is 0 Å². The predicted octanol–water partition coefficient (Wildman–Crippen LogP) is 3.22. The Morgan fingerprint density at radius 2 is 2.00 bits per heavy atom. The predicted molar refractivity (Wildman–Crippen MR) is 80.5 cm³/mol. The summed E-state index contributed by atoms with van der Waals surface area (Å²) < 4.78 is 0. The van der Waals surface area contributed by atoms with Gasteiger partial charge in [0, 0.05) is 18.0 Å². The Labute approximate surface area is 117 Å². The van der Waals surface area contributed by atoms with Crippen LogP contribution in [0.2, 0.25) is 0 Å². The van der Waals surface area contributed by atoms with Gasteiger partial charge in [-0.05, 0) is 42.8 Å². The Balaban J connectivity index is 2.27. The van der Waals surface area contributed by atoms with Crippen molar-refractivity contribution >= 4 is 16.6 Å². The Hall–Kier alpha value is -2.86. The van der Waals surface area contributed by atoms with Crippen LogP contribution in [0.4, 0.5) is 0 Å². The fourth-order valence-electron chi connectivity index (χ4n) is 2.08. The summed E-state index contributed by atoms with van der Waals surface area (Å²) in [5, 5.41) is 0.923. The molecule has 0 unspecified atom stereocenters. The lowest BCUT2D eigenvalue weighted by Crippen LogP contribution is -1.99. The molecule has 0 spiro atoms. The number of allylic oxidation sites excluding steroid dienone is 1. The van der Waals surface area contributed by atoms with Crippen molar-refractivity contribution in [3.8, 4) is 11.1 Å². The van der Waals surface area contributed by atoms with Crippen molar-refractivity contribution in [1.82, 2.24) is 9.97 Å². The van der Waals surface area contributed by atoms with E-state index in [1.54, 1.807) is 12.4 Å². The number of rotatable bonds is 2. The monoisotopic (exact) mass is 259 g/mol. The summed E-state index contributed by atoms with van der Waals surface area (Å²) >= 11 is 0. The van der Waals surface area contributed by atoms with E-state index in [2.05, 4.69) is 22.1 Å². The molecule has 96 valence electrons. The van der Waals surface area contributed by atoms with Gasteiger partial charge >= 0.3 is 0 Å². The van der Waals surface area contributed by atoms with Crippen LogP contribution in [0.25, 0.3) is 27.7 Å². The van der Waals surface area contributed by atoms with E-state index < -0.39 is 0 Å². The average molecular weight is 259 g/mol. The van der Waals surface area contributed by atoms with E-state index >= 15 is 0 Å². The van der Waals surface area contributed by atoms with Crippen LogP contribution in [0.3, 0.4) is 0 Å². The SMILES string of the molecule is C/C=C(\N)c1ccc2c#ccc(-c3ccncc3)c2n1. The molecule has 3 nitrogen and oxygen atoms in total. The molecule has 0 saturated heterocycles. The third kappa shape index (κ3) is 2.08. The lowest BCUT2D eigenvalue weighted by atomic mass is 10.0. The largest absolute Gasteiger partial charge is 0.397 e. The molecule has 1 aromatic carbocycles. The summed E-state index contributed by atoms with van der Waals surface area (Å²) in [7, 11) is 0. The van der Waals surface area contributed by atoms with Gasteiger partial charge in [0.25, 0.3) is 0 Å². The summed E-state index contributed by atoms with van der Waals surface area (Å²) in [4.78, 5) is 8.70. The molecule has 3 aromatic rings. The molecule has 20 heavy (non-hydrogen) atoms.